The molecule has 0 aliphatic carbocycles. The van der Waals surface area contributed by atoms with Crippen LogP contribution in [0.2, 0.25) is 0 Å². The average molecular weight is 340 g/mol. The lowest BCUT2D eigenvalue weighted by atomic mass is 9.96. The van der Waals surface area contributed by atoms with Crippen molar-refractivity contribution in [3.05, 3.63) is 57.9 Å². The highest BCUT2D eigenvalue weighted by molar-refractivity contribution is 5.90. The van der Waals surface area contributed by atoms with Crippen LogP contribution in [0.15, 0.2) is 24.3 Å². The second-order valence-electron chi connectivity index (χ2n) is 6.57. The number of carbonyl (C=O) groups excluding carboxylic acids is 1. The number of hydroxylamine groups is 1. The van der Waals surface area contributed by atoms with E-state index >= 15 is 0 Å². The summed E-state index contributed by atoms with van der Waals surface area (Å²) in [6, 6.07) is 6.25. The Balaban J connectivity index is 1.75. The monoisotopic (exact) mass is 340 g/mol. The Hall–Kier alpha value is -2.44. The summed E-state index contributed by atoms with van der Waals surface area (Å²) in [6.45, 7) is 7.00. The molecular formula is C19H24N4O2. The summed E-state index contributed by atoms with van der Waals surface area (Å²) in [4.78, 5) is 13.6. The summed E-state index contributed by atoms with van der Waals surface area (Å²) in [6.07, 6.45) is 4.06. The van der Waals surface area contributed by atoms with Gasteiger partial charge in [-0.3, -0.25) is 19.6 Å². The SMILES string of the molecule is Cc1nn(C)c(C)c1CN1CCc2ccc(/C=C/C(=O)NO)cc2C1. The molecule has 0 saturated heterocycles. The minimum absolute atomic E-state index is 0.526. The first-order chi connectivity index (χ1) is 12.0. The van der Waals surface area contributed by atoms with Gasteiger partial charge in [-0.25, -0.2) is 5.48 Å². The molecule has 0 atom stereocenters. The van der Waals surface area contributed by atoms with E-state index in [-0.39, 0.29) is 0 Å². The van der Waals surface area contributed by atoms with Crippen LogP contribution in [0.1, 0.15) is 33.6 Å². The van der Waals surface area contributed by atoms with Crippen molar-refractivity contribution in [2.45, 2.75) is 33.4 Å². The highest BCUT2D eigenvalue weighted by Crippen LogP contribution is 2.24. The molecule has 132 valence electrons. The van der Waals surface area contributed by atoms with Gasteiger partial charge in [0.05, 0.1) is 5.69 Å². The van der Waals surface area contributed by atoms with Crippen molar-refractivity contribution in [3.63, 3.8) is 0 Å². The van der Waals surface area contributed by atoms with Crippen molar-refractivity contribution >= 4 is 12.0 Å². The van der Waals surface area contributed by atoms with Crippen LogP contribution in [0.4, 0.5) is 0 Å². The summed E-state index contributed by atoms with van der Waals surface area (Å²) >= 11 is 0. The van der Waals surface area contributed by atoms with Crippen molar-refractivity contribution < 1.29 is 10.0 Å². The standard InChI is InChI=1S/C19H24N4O2/c1-13-18(14(2)22(3)20-13)12-23-9-8-16-6-4-15(10-17(16)11-23)5-7-19(24)21-25/h4-7,10,25H,8-9,11-12H2,1-3H3,(H,21,24)/b7-5+. The van der Waals surface area contributed by atoms with E-state index in [0.717, 1.165) is 37.3 Å². The van der Waals surface area contributed by atoms with Gasteiger partial charge in [0.25, 0.3) is 5.91 Å². The average Bonchev–Trinajstić information content (AvgIpc) is 2.85. The molecule has 6 heteroatoms. The molecule has 1 amide bonds. The van der Waals surface area contributed by atoms with Crippen LogP contribution in [0.5, 0.6) is 0 Å². The quantitative estimate of drug-likeness (QED) is 0.508. The molecule has 0 spiro atoms. The van der Waals surface area contributed by atoms with Gasteiger partial charge in [0.1, 0.15) is 0 Å². The third-order valence-electron chi connectivity index (χ3n) is 4.90. The van der Waals surface area contributed by atoms with Crippen molar-refractivity contribution in [1.82, 2.24) is 20.2 Å². The van der Waals surface area contributed by atoms with Crippen LogP contribution < -0.4 is 5.48 Å². The molecule has 1 aliphatic rings. The zero-order valence-electron chi connectivity index (χ0n) is 14.9. The van der Waals surface area contributed by atoms with E-state index in [1.165, 1.54) is 28.5 Å². The second-order valence-corrected chi connectivity index (χ2v) is 6.57. The van der Waals surface area contributed by atoms with E-state index in [1.807, 2.05) is 17.8 Å². The second kappa shape index (κ2) is 7.21. The summed E-state index contributed by atoms with van der Waals surface area (Å²) in [5.41, 5.74) is 8.83. The van der Waals surface area contributed by atoms with Crippen LogP contribution in [0.25, 0.3) is 6.08 Å². The van der Waals surface area contributed by atoms with Gasteiger partial charge >= 0.3 is 0 Å². The molecule has 2 aromatic rings. The van der Waals surface area contributed by atoms with Gasteiger partial charge in [-0.05, 0) is 43.0 Å². The van der Waals surface area contributed by atoms with Crippen LogP contribution >= 0.6 is 0 Å². The summed E-state index contributed by atoms with van der Waals surface area (Å²) in [7, 11) is 1.98. The molecule has 6 nitrogen and oxygen atoms in total. The molecule has 2 N–H and O–H groups in total. The van der Waals surface area contributed by atoms with E-state index in [9.17, 15) is 4.79 Å². The highest BCUT2D eigenvalue weighted by Gasteiger charge is 2.19. The maximum atomic E-state index is 11.1. The first-order valence-electron chi connectivity index (χ1n) is 8.43. The topological polar surface area (TPSA) is 70.4 Å². The first kappa shape index (κ1) is 17.4. The fourth-order valence-corrected chi connectivity index (χ4v) is 3.35. The maximum absolute atomic E-state index is 11.1. The zero-order chi connectivity index (χ0) is 18.0. The van der Waals surface area contributed by atoms with E-state index < -0.39 is 5.91 Å². The molecule has 0 fully saturated rings. The van der Waals surface area contributed by atoms with Crippen molar-refractivity contribution in [1.29, 1.82) is 0 Å². The van der Waals surface area contributed by atoms with E-state index in [1.54, 1.807) is 11.6 Å². The molecule has 1 aliphatic heterocycles. The Bertz CT molecular complexity index is 823. The Morgan fingerprint density at radius 3 is 2.84 bits per heavy atom. The van der Waals surface area contributed by atoms with Gasteiger partial charge in [-0.1, -0.05) is 18.2 Å². The lowest BCUT2D eigenvalue weighted by molar-refractivity contribution is -0.124. The molecule has 25 heavy (non-hydrogen) atoms. The van der Waals surface area contributed by atoms with Crippen LogP contribution in [-0.4, -0.2) is 32.3 Å². The van der Waals surface area contributed by atoms with Crippen molar-refractivity contribution in [2.75, 3.05) is 6.54 Å². The number of hydrogen-bond donors (Lipinski definition) is 2. The van der Waals surface area contributed by atoms with Crippen LogP contribution in [0.3, 0.4) is 0 Å². The molecule has 3 rings (SSSR count). The Labute approximate surface area is 147 Å². The molecule has 0 bridgehead atoms. The molecule has 0 radical (unpaired) electrons. The number of nitrogens with one attached hydrogen (secondary N) is 1. The number of carbonyl (C=O) groups is 1. The third kappa shape index (κ3) is 3.81. The number of nitrogens with zero attached hydrogens (tertiary/aromatic N) is 3. The minimum atomic E-state index is -0.526. The Morgan fingerprint density at radius 1 is 1.36 bits per heavy atom. The number of benzene rings is 1. The fourth-order valence-electron chi connectivity index (χ4n) is 3.35. The highest BCUT2D eigenvalue weighted by atomic mass is 16.5. The van der Waals surface area contributed by atoms with Crippen molar-refractivity contribution in [2.24, 2.45) is 7.05 Å². The lowest BCUT2D eigenvalue weighted by Crippen LogP contribution is -2.30. The van der Waals surface area contributed by atoms with Gasteiger partial charge < -0.3 is 0 Å². The summed E-state index contributed by atoms with van der Waals surface area (Å²) in [5, 5.41) is 13.1. The summed E-state index contributed by atoms with van der Waals surface area (Å²) < 4.78 is 1.94. The van der Waals surface area contributed by atoms with Gasteiger partial charge in [0.2, 0.25) is 0 Å². The van der Waals surface area contributed by atoms with Crippen LogP contribution in [0, 0.1) is 13.8 Å². The number of amides is 1. The number of rotatable bonds is 4. The Kier molecular flexibility index (Phi) is 5.01. The van der Waals surface area contributed by atoms with Crippen molar-refractivity contribution in [3.8, 4) is 0 Å². The Morgan fingerprint density at radius 2 is 2.16 bits per heavy atom. The van der Waals surface area contributed by atoms with Gasteiger partial charge in [0, 0.05) is 44.0 Å². The van der Waals surface area contributed by atoms with E-state index in [2.05, 4.69) is 36.0 Å². The molecule has 1 aromatic carbocycles. The molecule has 0 saturated carbocycles. The smallest absolute Gasteiger partial charge is 0.267 e. The lowest BCUT2D eigenvalue weighted by Gasteiger charge is -2.29. The minimum Gasteiger partial charge on any atom is -0.294 e. The molecule has 2 heterocycles. The number of hydrogen-bond acceptors (Lipinski definition) is 4. The number of fused-ring (bicyclic) bond motifs is 1. The van der Waals surface area contributed by atoms with Gasteiger partial charge in [-0.2, -0.15) is 5.10 Å². The number of aryl methyl sites for hydroxylation is 2. The first-order valence-corrected chi connectivity index (χ1v) is 8.43. The largest absolute Gasteiger partial charge is 0.294 e. The molecule has 1 aromatic heterocycles. The number of aromatic nitrogens is 2. The van der Waals surface area contributed by atoms with Gasteiger partial charge in [-0.15, -0.1) is 0 Å². The third-order valence-corrected chi connectivity index (χ3v) is 4.90. The predicted molar refractivity (Wildman–Crippen MR) is 95.9 cm³/mol. The summed E-state index contributed by atoms with van der Waals surface area (Å²) in [5.74, 6) is -0.526. The van der Waals surface area contributed by atoms with E-state index in [4.69, 9.17) is 5.21 Å². The normalized spacial score (nSPS) is 14.7. The molecule has 0 unspecified atom stereocenters. The van der Waals surface area contributed by atoms with Crippen LogP contribution in [-0.2, 0) is 31.4 Å². The predicted octanol–water partition coefficient (Wildman–Crippen LogP) is 2.11. The van der Waals surface area contributed by atoms with E-state index in [0.29, 0.717) is 0 Å². The molecular weight excluding hydrogens is 316 g/mol. The fraction of sp³-hybridized carbons (Fsp3) is 0.368. The maximum Gasteiger partial charge on any atom is 0.267 e. The zero-order valence-corrected chi connectivity index (χ0v) is 14.9. The van der Waals surface area contributed by atoms with Gasteiger partial charge in [0.15, 0.2) is 0 Å².